The normalized spacial score (nSPS) is 15.0. The molecule has 1 aliphatic carbocycles. The van der Waals surface area contributed by atoms with Crippen LogP contribution in [0, 0.1) is 5.82 Å². The van der Waals surface area contributed by atoms with Crippen LogP contribution < -0.4 is 9.62 Å². The van der Waals surface area contributed by atoms with Crippen molar-refractivity contribution < 1.29 is 17.6 Å². The highest BCUT2D eigenvalue weighted by Crippen LogP contribution is 2.29. The number of nitrogens with zero attached hydrogens (tertiary/aromatic N) is 2. The molecular weight excluding hydrogens is 417 g/mol. The first-order valence-electron chi connectivity index (χ1n) is 10.4. The molecule has 3 aromatic rings. The topological polar surface area (TPSA) is 79.4 Å². The van der Waals surface area contributed by atoms with E-state index in [9.17, 15) is 17.6 Å². The molecule has 0 saturated heterocycles. The van der Waals surface area contributed by atoms with Crippen molar-refractivity contribution in [1.29, 1.82) is 0 Å². The molecule has 0 unspecified atom stereocenters. The first-order valence-corrected chi connectivity index (χ1v) is 11.8. The number of anilines is 1. The molecule has 162 valence electrons. The van der Waals surface area contributed by atoms with Crippen molar-refractivity contribution in [2.24, 2.45) is 0 Å². The number of amides is 1. The first-order chi connectivity index (χ1) is 14.9. The lowest BCUT2D eigenvalue weighted by molar-refractivity contribution is -0.120. The molecule has 4 rings (SSSR count). The van der Waals surface area contributed by atoms with Crippen molar-refractivity contribution in [2.75, 3.05) is 10.8 Å². The molecule has 31 heavy (non-hydrogen) atoms. The second kappa shape index (κ2) is 9.01. The van der Waals surface area contributed by atoms with Gasteiger partial charge in [0.1, 0.15) is 12.4 Å². The van der Waals surface area contributed by atoms with E-state index >= 15 is 0 Å². The van der Waals surface area contributed by atoms with Gasteiger partial charge in [-0.25, -0.2) is 12.8 Å². The zero-order valence-corrected chi connectivity index (χ0v) is 17.8. The Morgan fingerprint density at radius 3 is 2.55 bits per heavy atom. The van der Waals surface area contributed by atoms with E-state index in [1.807, 2.05) is 0 Å². The molecule has 1 amide bonds. The summed E-state index contributed by atoms with van der Waals surface area (Å²) in [5.74, 6) is -0.856. The number of pyridine rings is 1. The number of hydrogen-bond acceptors (Lipinski definition) is 4. The highest BCUT2D eigenvalue weighted by Gasteiger charge is 2.29. The predicted octanol–water partition coefficient (Wildman–Crippen LogP) is 4.02. The fraction of sp³-hybridized carbons (Fsp3) is 0.304. The number of sulfonamides is 1. The SMILES string of the molecule is O=C(CN(c1ccc(F)cc1)S(=O)(=O)c1cccc2cnccc12)NC1CCCCC1. The number of rotatable bonds is 6. The monoisotopic (exact) mass is 441 g/mol. The molecule has 0 bridgehead atoms. The molecule has 1 aromatic heterocycles. The average molecular weight is 442 g/mol. The molecule has 0 radical (unpaired) electrons. The minimum atomic E-state index is -4.11. The number of halogens is 1. The summed E-state index contributed by atoms with van der Waals surface area (Å²) in [7, 11) is -4.11. The fourth-order valence-electron chi connectivity index (χ4n) is 4.01. The third-order valence-electron chi connectivity index (χ3n) is 5.58. The second-order valence-electron chi connectivity index (χ2n) is 7.74. The number of hydrogen-bond donors (Lipinski definition) is 1. The Morgan fingerprint density at radius 2 is 1.81 bits per heavy atom. The summed E-state index contributed by atoms with van der Waals surface area (Å²) in [5.41, 5.74) is 0.228. The quantitative estimate of drug-likeness (QED) is 0.627. The van der Waals surface area contributed by atoms with Crippen molar-refractivity contribution in [2.45, 2.75) is 43.0 Å². The minimum Gasteiger partial charge on any atom is -0.352 e. The van der Waals surface area contributed by atoms with Crippen LogP contribution in [0.1, 0.15) is 32.1 Å². The zero-order valence-electron chi connectivity index (χ0n) is 17.0. The van der Waals surface area contributed by atoms with Crippen LogP contribution in [-0.4, -0.2) is 31.9 Å². The van der Waals surface area contributed by atoms with Gasteiger partial charge in [0.2, 0.25) is 5.91 Å². The summed E-state index contributed by atoms with van der Waals surface area (Å²) >= 11 is 0. The Labute approximate surface area is 181 Å². The van der Waals surface area contributed by atoms with Gasteiger partial charge in [-0.15, -0.1) is 0 Å². The minimum absolute atomic E-state index is 0.0580. The summed E-state index contributed by atoms with van der Waals surface area (Å²) in [5, 5.41) is 4.15. The molecule has 0 aliphatic heterocycles. The van der Waals surface area contributed by atoms with Crippen LogP contribution in [0.5, 0.6) is 0 Å². The van der Waals surface area contributed by atoms with Crippen molar-refractivity contribution in [3.63, 3.8) is 0 Å². The highest BCUT2D eigenvalue weighted by atomic mass is 32.2. The fourth-order valence-corrected chi connectivity index (χ4v) is 5.65. The van der Waals surface area contributed by atoms with E-state index < -0.39 is 15.8 Å². The maximum Gasteiger partial charge on any atom is 0.265 e. The lowest BCUT2D eigenvalue weighted by Gasteiger charge is -2.27. The lowest BCUT2D eigenvalue weighted by atomic mass is 9.95. The number of fused-ring (bicyclic) bond motifs is 1. The van der Waals surface area contributed by atoms with E-state index in [-0.39, 0.29) is 29.1 Å². The van der Waals surface area contributed by atoms with Crippen LogP contribution in [0.3, 0.4) is 0 Å². The predicted molar refractivity (Wildman–Crippen MR) is 118 cm³/mol. The van der Waals surface area contributed by atoms with Crippen molar-refractivity contribution in [3.05, 3.63) is 66.7 Å². The molecule has 8 heteroatoms. The van der Waals surface area contributed by atoms with Gasteiger partial charge >= 0.3 is 0 Å². The van der Waals surface area contributed by atoms with E-state index in [1.54, 1.807) is 24.4 Å². The van der Waals surface area contributed by atoms with E-state index in [1.165, 1.54) is 36.5 Å². The Kier molecular flexibility index (Phi) is 6.18. The number of benzene rings is 2. The Morgan fingerprint density at radius 1 is 1.06 bits per heavy atom. The molecule has 1 saturated carbocycles. The number of carbonyl (C=O) groups is 1. The van der Waals surface area contributed by atoms with Crippen molar-refractivity contribution in [3.8, 4) is 0 Å². The van der Waals surface area contributed by atoms with Crippen LogP contribution >= 0.6 is 0 Å². The smallest absolute Gasteiger partial charge is 0.265 e. The van der Waals surface area contributed by atoms with Gasteiger partial charge < -0.3 is 5.32 Å². The van der Waals surface area contributed by atoms with Crippen LogP contribution in [0.25, 0.3) is 10.8 Å². The molecular formula is C23H24FN3O3S. The maximum atomic E-state index is 13.7. The molecule has 6 nitrogen and oxygen atoms in total. The molecule has 1 N–H and O–H groups in total. The number of aromatic nitrogens is 1. The molecule has 1 fully saturated rings. The molecule has 0 atom stereocenters. The summed E-state index contributed by atoms with van der Waals surface area (Å²) in [6, 6.07) is 11.7. The summed E-state index contributed by atoms with van der Waals surface area (Å²) in [4.78, 5) is 16.9. The van der Waals surface area contributed by atoms with Crippen LogP contribution in [-0.2, 0) is 14.8 Å². The number of nitrogens with one attached hydrogen (secondary N) is 1. The molecule has 2 aromatic carbocycles. The van der Waals surface area contributed by atoms with Gasteiger partial charge in [0.25, 0.3) is 10.0 Å². The van der Waals surface area contributed by atoms with Crippen molar-refractivity contribution in [1.82, 2.24) is 10.3 Å². The third-order valence-corrected chi connectivity index (χ3v) is 7.41. The standard InChI is InChI=1S/C23H24FN3O3S/c24-18-9-11-20(12-10-18)27(16-23(28)26-19-6-2-1-3-7-19)31(29,30)22-8-4-5-17-15-25-14-13-21(17)22/h4-5,8-15,19H,1-3,6-7,16H2,(H,26,28). The van der Waals surface area contributed by atoms with Gasteiger partial charge in [0.15, 0.2) is 0 Å². The lowest BCUT2D eigenvalue weighted by Crippen LogP contribution is -2.45. The van der Waals surface area contributed by atoms with Gasteiger partial charge in [-0.05, 0) is 49.2 Å². The maximum absolute atomic E-state index is 13.7. The van der Waals surface area contributed by atoms with Gasteiger partial charge in [-0.2, -0.15) is 0 Å². The van der Waals surface area contributed by atoms with Gasteiger partial charge in [0.05, 0.1) is 10.6 Å². The Hall–Kier alpha value is -3.00. The largest absolute Gasteiger partial charge is 0.352 e. The Bertz CT molecular complexity index is 1170. The molecule has 1 heterocycles. The average Bonchev–Trinajstić information content (AvgIpc) is 2.78. The van der Waals surface area contributed by atoms with Crippen LogP contribution in [0.4, 0.5) is 10.1 Å². The van der Waals surface area contributed by atoms with Gasteiger partial charge in [-0.3, -0.25) is 14.1 Å². The molecule has 0 spiro atoms. The van der Waals surface area contributed by atoms with E-state index in [4.69, 9.17) is 0 Å². The summed E-state index contributed by atoms with van der Waals surface area (Å²) < 4.78 is 41.9. The van der Waals surface area contributed by atoms with Crippen LogP contribution in [0.2, 0.25) is 0 Å². The number of carbonyl (C=O) groups excluding carboxylic acids is 1. The Balaban J connectivity index is 1.70. The third kappa shape index (κ3) is 4.69. The summed E-state index contributed by atoms with van der Waals surface area (Å²) in [6.07, 6.45) is 8.16. The summed E-state index contributed by atoms with van der Waals surface area (Å²) in [6.45, 7) is -0.383. The first kappa shape index (κ1) is 21.2. The van der Waals surface area contributed by atoms with E-state index in [0.29, 0.717) is 10.8 Å². The van der Waals surface area contributed by atoms with E-state index in [0.717, 1.165) is 36.4 Å². The zero-order chi connectivity index (χ0) is 21.8. The van der Waals surface area contributed by atoms with E-state index in [2.05, 4.69) is 10.3 Å². The highest BCUT2D eigenvalue weighted by molar-refractivity contribution is 7.93. The molecule has 1 aliphatic rings. The second-order valence-corrected chi connectivity index (χ2v) is 9.57. The van der Waals surface area contributed by atoms with Gasteiger partial charge in [-0.1, -0.05) is 31.4 Å². The van der Waals surface area contributed by atoms with Crippen LogP contribution in [0.15, 0.2) is 65.8 Å². The van der Waals surface area contributed by atoms with Gasteiger partial charge in [0, 0.05) is 29.2 Å². The van der Waals surface area contributed by atoms with Crippen molar-refractivity contribution >= 4 is 32.4 Å².